The molecule has 5 heteroatoms. The molecule has 2 heterocycles. The maximum atomic E-state index is 13.2. The molecular formula is C14H15FN4. The van der Waals surface area contributed by atoms with E-state index in [9.17, 15) is 4.39 Å². The van der Waals surface area contributed by atoms with Gasteiger partial charge in [-0.15, -0.1) is 0 Å². The Labute approximate surface area is 111 Å². The van der Waals surface area contributed by atoms with Gasteiger partial charge in [0.2, 0.25) is 0 Å². The summed E-state index contributed by atoms with van der Waals surface area (Å²) in [5.74, 6) is 0.0287. The first-order valence-corrected chi connectivity index (χ1v) is 6.25. The molecule has 1 aromatic carbocycles. The summed E-state index contributed by atoms with van der Waals surface area (Å²) in [5, 5.41) is 12.4. The van der Waals surface area contributed by atoms with Crippen molar-refractivity contribution in [3.05, 3.63) is 47.5 Å². The van der Waals surface area contributed by atoms with Crippen molar-refractivity contribution in [2.75, 3.05) is 4.90 Å². The Hall–Kier alpha value is -2.17. The first kappa shape index (κ1) is 11.9. The van der Waals surface area contributed by atoms with Gasteiger partial charge >= 0.3 is 0 Å². The van der Waals surface area contributed by atoms with Crippen molar-refractivity contribution in [1.82, 2.24) is 9.78 Å². The largest absolute Gasteiger partial charge is 0.319 e. The van der Waals surface area contributed by atoms with E-state index in [1.165, 1.54) is 12.1 Å². The summed E-state index contributed by atoms with van der Waals surface area (Å²) in [4.78, 5) is 1.84. The molecule has 2 aromatic rings. The van der Waals surface area contributed by atoms with Gasteiger partial charge < -0.3 is 4.90 Å². The third kappa shape index (κ3) is 1.91. The van der Waals surface area contributed by atoms with Crippen molar-refractivity contribution in [2.24, 2.45) is 0 Å². The van der Waals surface area contributed by atoms with Crippen LogP contribution in [0.2, 0.25) is 0 Å². The molecule has 0 saturated carbocycles. The monoisotopic (exact) mass is 258 g/mol. The summed E-state index contributed by atoms with van der Waals surface area (Å²) < 4.78 is 15.1. The van der Waals surface area contributed by atoms with Crippen LogP contribution in [0.4, 0.5) is 10.1 Å². The normalized spacial score (nSPS) is 14.3. The van der Waals surface area contributed by atoms with Crippen molar-refractivity contribution < 1.29 is 4.39 Å². The fourth-order valence-corrected chi connectivity index (χ4v) is 2.27. The molecule has 0 amide bonds. The van der Waals surface area contributed by atoms with Gasteiger partial charge in [0, 0.05) is 17.8 Å². The topological polar surface area (TPSA) is 44.9 Å². The van der Waals surface area contributed by atoms with Gasteiger partial charge in [-0.05, 0) is 31.5 Å². The maximum Gasteiger partial charge on any atom is 0.133 e. The Morgan fingerprint density at radius 1 is 1.37 bits per heavy atom. The highest BCUT2D eigenvalue weighted by molar-refractivity contribution is 6.11. The fourth-order valence-electron chi connectivity index (χ4n) is 2.27. The third-order valence-electron chi connectivity index (χ3n) is 3.35. The van der Waals surface area contributed by atoms with E-state index in [4.69, 9.17) is 5.41 Å². The van der Waals surface area contributed by atoms with Gasteiger partial charge in [0.15, 0.2) is 0 Å². The number of rotatable bonds is 2. The average Bonchev–Trinajstić information content (AvgIpc) is 2.95. The number of anilines is 1. The van der Waals surface area contributed by atoms with Crippen LogP contribution in [0.5, 0.6) is 0 Å². The molecule has 98 valence electrons. The van der Waals surface area contributed by atoms with Crippen LogP contribution in [0.3, 0.4) is 0 Å². The maximum absolute atomic E-state index is 13.2. The second kappa shape index (κ2) is 4.19. The molecule has 19 heavy (non-hydrogen) atoms. The molecular weight excluding hydrogens is 243 g/mol. The van der Waals surface area contributed by atoms with E-state index in [-0.39, 0.29) is 11.9 Å². The molecule has 0 saturated heterocycles. The molecule has 0 aliphatic carbocycles. The Balaban J connectivity index is 1.94. The average molecular weight is 258 g/mol. The van der Waals surface area contributed by atoms with Gasteiger partial charge in [-0.1, -0.05) is 6.07 Å². The summed E-state index contributed by atoms with van der Waals surface area (Å²) in [7, 11) is 0. The van der Waals surface area contributed by atoms with Gasteiger partial charge in [-0.3, -0.25) is 10.1 Å². The number of hydrogen-bond acceptors (Lipinski definition) is 2. The summed E-state index contributed by atoms with van der Waals surface area (Å²) >= 11 is 0. The predicted octanol–water partition coefficient (Wildman–Crippen LogP) is 2.95. The quantitative estimate of drug-likeness (QED) is 0.900. The molecule has 1 aliphatic heterocycles. The minimum absolute atomic E-state index is 0.283. The number of halogens is 1. The van der Waals surface area contributed by atoms with Crippen molar-refractivity contribution >= 4 is 11.5 Å². The van der Waals surface area contributed by atoms with E-state index in [1.807, 2.05) is 15.8 Å². The summed E-state index contributed by atoms with van der Waals surface area (Å²) in [5.41, 5.74) is 2.51. The lowest BCUT2D eigenvalue weighted by Crippen LogP contribution is -2.22. The molecule has 4 nitrogen and oxygen atoms in total. The first-order valence-electron chi connectivity index (χ1n) is 6.25. The smallest absolute Gasteiger partial charge is 0.133 e. The van der Waals surface area contributed by atoms with Crippen molar-refractivity contribution in [3.8, 4) is 0 Å². The second-order valence-corrected chi connectivity index (χ2v) is 5.01. The van der Waals surface area contributed by atoms with E-state index >= 15 is 0 Å². The number of aromatic nitrogens is 2. The lowest BCUT2D eigenvalue weighted by molar-refractivity contribution is 0.532. The Morgan fingerprint density at radius 2 is 2.16 bits per heavy atom. The summed E-state index contributed by atoms with van der Waals surface area (Å²) in [6, 6.07) is 4.88. The molecule has 1 aromatic heterocycles. The molecule has 1 aliphatic rings. The number of nitrogens with one attached hydrogen (secondary N) is 1. The zero-order valence-corrected chi connectivity index (χ0v) is 10.9. The molecule has 0 atom stereocenters. The number of nitrogens with zero attached hydrogens (tertiary/aromatic N) is 3. The van der Waals surface area contributed by atoms with E-state index in [0.29, 0.717) is 17.9 Å². The Kier molecular flexibility index (Phi) is 2.62. The molecule has 0 spiro atoms. The zero-order chi connectivity index (χ0) is 13.6. The lowest BCUT2D eigenvalue weighted by Gasteiger charge is -2.15. The van der Waals surface area contributed by atoms with Gasteiger partial charge in [0.1, 0.15) is 11.7 Å². The third-order valence-corrected chi connectivity index (χ3v) is 3.35. The van der Waals surface area contributed by atoms with Gasteiger partial charge in [0.25, 0.3) is 0 Å². The predicted molar refractivity (Wildman–Crippen MR) is 72.0 cm³/mol. The van der Waals surface area contributed by atoms with Gasteiger partial charge in [0.05, 0.1) is 18.4 Å². The number of hydrogen-bond donors (Lipinski definition) is 1. The minimum atomic E-state index is -0.303. The first-order chi connectivity index (χ1) is 9.06. The van der Waals surface area contributed by atoms with Crippen LogP contribution in [0.25, 0.3) is 0 Å². The second-order valence-electron chi connectivity index (χ2n) is 5.01. The number of amidine groups is 1. The van der Waals surface area contributed by atoms with E-state index in [0.717, 1.165) is 11.3 Å². The van der Waals surface area contributed by atoms with Crippen LogP contribution in [0, 0.1) is 11.2 Å². The highest BCUT2D eigenvalue weighted by Crippen LogP contribution is 2.28. The molecule has 0 radical (unpaired) electrons. The Morgan fingerprint density at radius 3 is 2.84 bits per heavy atom. The van der Waals surface area contributed by atoms with Gasteiger partial charge in [-0.25, -0.2) is 4.39 Å². The van der Waals surface area contributed by atoms with E-state index < -0.39 is 0 Å². The van der Waals surface area contributed by atoms with Crippen LogP contribution in [-0.2, 0) is 6.54 Å². The van der Waals surface area contributed by atoms with Crippen molar-refractivity contribution in [3.63, 3.8) is 0 Å². The Bertz CT molecular complexity index is 645. The zero-order valence-electron chi connectivity index (χ0n) is 10.9. The number of benzene rings is 1. The van der Waals surface area contributed by atoms with E-state index in [1.54, 1.807) is 12.3 Å². The SMILES string of the molecule is CC(C)n1cc(N2Cc3ccc(F)cc3C2=N)cn1. The van der Waals surface area contributed by atoms with Crippen molar-refractivity contribution in [2.45, 2.75) is 26.4 Å². The van der Waals surface area contributed by atoms with Crippen LogP contribution in [0.1, 0.15) is 31.0 Å². The summed E-state index contributed by atoms with van der Waals surface area (Å²) in [6.45, 7) is 4.70. The van der Waals surface area contributed by atoms with Crippen LogP contribution < -0.4 is 4.90 Å². The van der Waals surface area contributed by atoms with E-state index in [2.05, 4.69) is 18.9 Å². The molecule has 0 bridgehead atoms. The minimum Gasteiger partial charge on any atom is -0.319 e. The molecule has 0 fully saturated rings. The van der Waals surface area contributed by atoms with Crippen LogP contribution >= 0.6 is 0 Å². The van der Waals surface area contributed by atoms with Crippen molar-refractivity contribution in [1.29, 1.82) is 5.41 Å². The number of fused-ring (bicyclic) bond motifs is 1. The molecule has 3 rings (SSSR count). The highest BCUT2D eigenvalue weighted by Gasteiger charge is 2.26. The molecule has 1 N–H and O–H groups in total. The van der Waals surface area contributed by atoms with Crippen LogP contribution in [0.15, 0.2) is 30.6 Å². The van der Waals surface area contributed by atoms with Gasteiger partial charge in [-0.2, -0.15) is 5.10 Å². The standard InChI is InChI=1S/C14H15FN4/c1-9(2)19-8-12(6-17-19)18-7-10-3-4-11(15)5-13(10)14(18)16/h3-6,8-9,16H,7H2,1-2H3. The highest BCUT2D eigenvalue weighted by atomic mass is 19.1. The lowest BCUT2D eigenvalue weighted by atomic mass is 10.1. The summed E-state index contributed by atoms with van der Waals surface area (Å²) in [6.07, 6.45) is 3.66. The molecule has 0 unspecified atom stereocenters. The fraction of sp³-hybridized carbons (Fsp3) is 0.286. The van der Waals surface area contributed by atoms with Crippen LogP contribution in [-0.4, -0.2) is 15.6 Å².